The molecule has 1 heterocycles. The standard InChI is InChI=1S/C13H17N3OS/c1-8-4-5-10(13(17-3)9(8)2)12(16-14)11-6-18-7-15-11/h4-7,12,16H,14H2,1-3H3. The average Bonchev–Trinajstić information content (AvgIpc) is 2.89. The Morgan fingerprint density at radius 2 is 2.17 bits per heavy atom. The van der Waals surface area contributed by atoms with Crippen LogP contribution in [0.4, 0.5) is 0 Å². The van der Waals surface area contributed by atoms with Crippen LogP contribution in [-0.2, 0) is 0 Å². The first kappa shape index (κ1) is 13.0. The molecule has 1 atom stereocenters. The molecule has 5 heteroatoms. The number of ether oxygens (including phenoxy) is 1. The molecule has 0 amide bonds. The maximum Gasteiger partial charge on any atom is 0.127 e. The third-order valence-electron chi connectivity index (χ3n) is 3.14. The molecular formula is C13H17N3OS. The molecule has 0 aliphatic heterocycles. The first-order valence-electron chi connectivity index (χ1n) is 5.67. The van der Waals surface area contributed by atoms with E-state index in [4.69, 9.17) is 10.6 Å². The van der Waals surface area contributed by atoms with Crippen LogP contribution in [0.25, 0.3) is 0 Å². The second-order valence-electron chi connectivity index (χ2n) is 4.14. The smallest absolute Gasteiger partial charge is 0.127 e. The number of nitrogens with one attached hydrogen (secondary N) is 1. The van der Waals surface area contributed by atoms with Gasteiger partial charge in [-0.25, -0.2) is 10.4 Å². The summed E-state index contributed by atoms with van der Waals surface area (Å²) in [7, 11) is 1.68. The highest BCUT2D eigenvalue weighted by atomic mass is 32.1. The average molecular weight is 263 g/mol. The van der Waals surface area contributed by atoms with Crippen LogP contribution in [0.3, 0.4) is 0 Å². The summed E-state index contributed by atoms with van der Waals surface area (Å²) in [6.07, 6.45) is 0. The molecule has 0 aliphatic carbocycles. The van der Waals surface area contributed by atoms with Crippen molar-refractivity contribution in [2.75, 3.05) is 7.11 Å². The van der Waals surface area contributed by atoms with Crippen LogP contribution in [0.15, 0.2) is 23.0 Å². The van der Waals surface area contributed by atoms with Gasteiger partial charge in [-0.1, -0.05) is 12.1 Å². The summed E-state index contributed by atoms with van der Waals surface area (Å²) >= 11 is 1.55. The van der Waals surface area contributed by atoms with E-state index in [0.29, 0.717) is 0 Å². The fourth-order valence-electron chi connectivity index (χ4n) is 2.01. The Balaban J connectivity index is 2.52. The van der Waals surface area contributed by atoms with Crippen molar-refractivity contribution >= 4 is 11.3 Å². The molecule has 0 saturated heterocycles. The third kappa shape index (κ3) is 2.25. The number of aromatic nitrogens is 1. The summed E-state index contributed by atoms with van der Waals surface area (Å²) < 4.78 is 5.52. The van der Waals surface area contributed by atoms with Crippen molar-refractivity contribution in [2.24, 2.45) is 5.84 Å². The molecule has 1 unspecified atom stereocenters. The van der Waals surface area contributed by atoms with Crippen molar-refractivity contribution in [3.63, 3.8) is 0 Å². The summed E-state index contributed by atoms with van der Waals surface area (Å²) in [5.74, 6) is 6.53. The van der Waals surface area contributed by atoms with Crippen LogP contribution in [-0.4, -0.2) is 12.1 Å². The number of rotatable bonds is 4. The lowest BCUT2D eigenvalue weighted by Gasteiger charge is -2.20. The first-order valence-corrected chi connectivity index (χ1v) is 6.61. The van der Waals surface area contributed by atoms with Gasteiger partial charge in [-0.3, -0.25) is 5.84 Å². The third-order valence-corrected chi connectivity index (χ3v) is 3.74. The molecule has 0 saturated carbocycles. The first-order chi connectivity index (χ1) is 8.69. The predicted molar refractivity (Wildman–Crippen MR) is 73.7 cm³/mol. The van der Waals surface area contributed by atoms with E-state index in [1.54, 1.807) is 24.0 Å². The molecular weight excluding hydrogens is 246 g/mol. The summed E-state index contributed by atoms with van der Waals surface area (Å²) in [5, 5.41) is 1.99. The molecule has 3 N–H and O–H groups in total. The molecule has 1 aromatic carbocycles. The number of benzene rings is 1. The summed E-state index contributed by atoms with van der Waals surface area (Å²) in [4.78, 5) is 4.31. The Morgan fingerprint density at radius 3 is 2.72 bits per heavy atom. The minimum Gasteiger partial charge on any atom is -0.496 e. The van der Waals surface area contributed by atoms with E-state index in [0.717, 1.165) is 22.6 Å². The highest BCUT2D eigenvalue weighted by molar-refractivity contribution is 7.07. The number of hydrogen-bond acceptors (Lipinski definition) is 5. The van der Waals surface area contributed by atoms with Gasteiger partial charge in [0.15, 0.2) is 0 Å². The van der Waals surface area contributed by atoms with Gasteiger partial charge in [-0.2, -0.15) is 0 Å². The molecule has 0 bridgehead atoms. The van der Waals surface area contributed by atoms with Crippen LogP contribution in [0.5, 0.6) is 5.75 Å². The minimum absolute atomic E-state index is 0.148. The summed E-state index contributed by atoms with van der Waals surface area (Å²) in [6, 6.07) is 3.96. The van der Waals surface area contributed by atoms with Gasteiger partial charge in [-0.15, -0.1) is 11.3 Å². The van der Waals surface area contributed by atoms with Gasteiger partial charge in [0.2, 0.25) is 0 Å². The Kier molecular flexibility index (Phi) is 3.96. The number of hydrazine groups is 1. The van der Waals surface area contributed by atoms with Gasteiger partial charge < -0.3 is 4.74 Å². The van der Waals surface area contributed by atoms with E-state index in [-0.39, 0.29) is 6.04 Å². The zero-order chi connectivity index (χ0) is 13.1. The molecule has 96 valence electrons. The van der Waals surface area contributed by atoms with Crippen molar-refractivity contribution in [3.8, 4) is 5.75 Å². The van der Waals surface area contributed by atoms with Gasteiger partial charge >= 0.3 is 0 Å². The minimum atomic E-state index is -0.148. The molecule has 2 rings (SSSR count). The predicted octanol–water partition coefficient (Wildman–Crippen LogP) is 2.32. The number of nitrogens with zero attached hydrogens (tertiary/aromatic N) is 1. The van der Waals surface area contributed by atoms with E-state index in [9.17, 15) is 0 Å². The second kappa shape index (κ2) is 5.48. The lowest BCUT2D eigenvalue weighted by Crippen LogP contribution is -2.29. The maximum atomic E-state index is 5.67. The summed E-state index contributed by atoms with van der Waals surface area (Å²) in [6.45, 7) is 4.11. The molecule has 2 aromatic rings. The van der Waals surface area contributed by atoms with Gasteiger partial charge in [-0.05, 0) is 25.0 Å². The normalized spacial score (nSPS) is 12.4. The molecule has 4 nitrogen and oxygen atoms in total. The topological polar surface area (TPSA) is 60.2 Å². The van der Waals surface area contributed by atoms with E-state index in [1.165, 1.54) is 5.56 Å². The van der Waals surface area contributed by atoms with Gasteiger partial charge in [0.05, 0.1) is 24.4 Å². The molecule has 0 spiro atoms. The van der Waals surface area contributed by atoms with Crippen LogP contribution in [0.1, 0.15) is 28.4 Å². The second-order valence-corrected chi connectivity index (χ2v) is 4.86. The lowest BCUT2D eigenvalue weighted by atomic mass is 9.98. The Bertz CT molecular complexity index is 525. The van der Waals surface area contributed by atoms with Crippen LogP contribution >= 0.6 is 11.3 Å². The molecule has 0 radical (unpaired) electrons. The van der Waals surface area contributed by atoms with Gasteiger partial charge in [0.25, 0.3) is 0 Å². The number of nitrogens with two attached hydrogens (primary N) is 1. The summed E-state index contributed by atoms with van der Waals surface area (Å²) in [5.41, 5.74) is 8.85. The quantitative estimate of drug-likeness (QED) is 0.656. The van der Waals surface area contributed by atoms with Crippen molar-refractivity contribution in [1.29, 1.82) is 0 Å². The largest absolute Gasteiger partial charge is 0.496 e. The number of aryl methyl sites for hydroxylation is 1. The Labute approximate surface area is 111 Å². The van der Waals surface area contributed by atoms with Crippen molar-refractivity contribution in [2.45, 2.75) is 19.9 Å². The van der Waals surface area contributed by atoms with Gasteiger partial charge in [0, 0.05) is 10.9 Å². The molecule has 0 fully saturated rings. The fraction of sp³-hybridized carbons (Fsp3) is 0.308. The zero-order valence-electron chi connectivity index (χ0n) is 10.7. The van der Waals surface area contributed by atoms with Crippen molar-refractivity contribution in [3.05, 3.63) is 45.4 Å². The number of methoxy groups -OCH3 is 1. The van der Waals surface area contributed by atoms with Crippen molar-refractivity contribution < 1.29 is 4.74 Å². The van der Waals surface area contributed by atoms with E-state index >= 15 is 0 Å². The monoisotopic (exact) mass is 263 g/mol. The SMILES string of the molecule is COc1c(C(NN)c2cscn2)ccc(C)c1C. The van der Waals surface area contributed by atoms with Crippen LogP contribution < -0.4 is 16.0 Å². The number of thiazole rings is 1. The Hall–Kier alpha value is -1.43. The van der Waals surface area contributed by atoms with Crippen LogP contribution in [0.2, 0.25) is 0 Å². The molecule has 1 aromatic heterocycles. The lowest BCUT2D eigenvalue weighted by molar-refractivity contribution is 0.400. The highest BCUT2D eigenvalue weighted by Gasteiger charge is 2.20. The van der Waals surface area contributed by atoms with E-state index in [1.807, 2.05) is 18.4 Å². The van der Waals surface area contributed by atoms with Crippen molar-refractivity contribution in [1.82, 2.24) is 10.4 Å². The molecule has 0 aliphatic rings. The van der Waals surface area contributed by atoms with E-state index < -0.39 is 0 Å². The zero-order valence-corrected chi connectivity index (χ0v) is 11.5. The van der Waals surface area contributed by atoms with Crippen LogP contribution in [0, 0.1) is 13.8 Å². The fourth-order valence-corrected chi connectivity index (χ4v) is 2.59. The van der Waals surface area contributed by atoms with E-state index in [2.05, 4.69) is 23.4 Å². The Morgan fingerprint density at radius 1 is 1.39 bits per heavy atom. The highest BCUT2D eigenvalue weighted by Crippen LogP contribution is 2.33. The number of hydrogen-bond donors (Lipinski definition) is 2. The van der Waals surface area contributed by atoms with Gasteiger partial charge in [0.1, 0.15) is 5.75 Å². The molecule has 18 heavy (non-hydrogen) atoms. The maximum absolute atomic E-state index is 5.67.